The number of carbonyl (C=O) groups excluding carboxylic acids is 1. The summed E-state index contributed by atoms with van der Waals surface area (Å²) in [5.74, 6) is -1.52. The van der Waals surface area contributed by atoms with Crippen LogP contribution in [0.2, 0.25) is 0 Å². The smallest absolute Gasteiger partial charge is 0.293 e. The summed E-state index contributed by atoms with van der Waals surface area (Å²) < 4.78 is 13.8. The number of carbonyl (C=O) groups is 1. The zero-order chi connectivity index (χ0) is 16.2. The summed E-state index contributed by atoms with van der Waals surface area (Å²) in [6, 6.07) is 1.84. The highest BCUT2D eigenvalue weighted by Gasteiger charge is 2.25. The summed E-state index contributed by atoms with van der Waals surface area (Å²) in [5.41, 5.74) is 4.20. The molecule has 0 saturated heterocycles. The first-order valence-corrected chi connectivity index (χ1v) is 6.38. The normalized spacial score (nSPS) is 10.7. The lowest BCUT2D eigenvalue weighted by Gasteiger charge is -2.19. The number of nitro groups is 1. The molecule has 0 aliphatic carbocycles. The third kappa shape index (κ3) is 4.12. The van der Waals surface area contributed by atoms with Gasteiger partial charge in [-0.1, -0.05) is 0 Å². The zero-order valence-electron chi connectivity index (χ0n) is 12.3. The van der Waals surface area contributed by atoms with Gasteiger partial charge in [0.05, 0.1) is 4.92 Å². The molecule has 0 aliphatic heterocycles. The molecule has 7 nitrogen and oxygen atoms in total. The number of rotatable bonds is 6. The molecule has 0 spiro atoms. The van der Waals surface area contributed by atoms with Crippen molar-refractivity contribution in [2.24, 2.45) is 0 Å². The second-order valence-corrected chi connectivity index (χ2v) is 5.00. The van der Waals surface area contributed by atoms with Crippen molar-refractivity contribution in [2.45, 2.75) is 6.42 Å². The van der Waals surface area contributed by atoms with Crippen molar-refractivity contribution in [1.29, 1.82) is 0 Å². The molecule has 0 unspecified atom stereocenters. The van der Waals surface area contributed by atoms with Crippen molar-refractivity contribution >= 4 is 17.3 Å². The summed E-state index contributed by atoms with van der Waals surface area (Å²) >= 11 is 0. The molecule has 1 amide bonds. The minimum absolute atomic E-state index is 0.401. The minimum atomic E-state index is -0.859. The van der Waals surface area contributed by atoms with Crippen LogP contribution in [0.3, 0.4) is 0 Å². The SMILES string of the molecule is CN(C)CCCN(C)C(=O)c1c(F)ccc([N+](=O)[O-])c1N. The molecule has 2 N–H and O–H groups in total. The van der Waals surface area contributed by atoms with E-state index < -0.39 is 33.6 Å². The van der Waals surface area contributed by atoms with E-state index in [0.29, 0.717) is 13.0 Å². The van der Waals surface area contributed by atoms with Crippen molar-refractivity contribution in [3.05, 3.63) is 33.6 Å². The molecule has 0 bridgehead atoms. The second-order valence-electron chi connectivity index (χ2n) is 5.00. The van der Waals surface area contributed by atoms with E-state index in [4.69, 9.17) is 5.73 Å². The molecule has 1 aromatic rings. The molecule has 1 aromatic carbocycles. The molecule has 0 aliphatic rings. The number of nitrogens with two attached hydrogens (primary N) is 1. The van der Waals surface area contributed by atoms with Crippen LogP contribution in [0.5, 0.6) is 0 Å². The topological polar surface area (TPSA) is 92.7 Å². The number of nitrogens with zero attached hydrogens (tertiary/aromatic N) is 3. The van der Waals surface area contributed by atoms with E-state index in [0.717, 1.165) is 18.7 Å². The number of halogens is 1. The van der Waals surface area contributed by atoms with Gasteiger partial charge in [0, 0.05) is 19.7 Å². The van der Waals surface area contributed by atoms with Gasteiger partial charge in [0.1, 0.15) is 17.1 Å². The molecule has 0 atom stereocenters. The Bertz CT molecular complexity index is 548. The molecule has 0 aromatic heterocycles. The maximum absolute atomic E-state index is 13.8. The lowest BCUT2D eigenvalue weighted by molar-refractivity contribution is -0.384. The van der Waals surface area contributed by atoms with Crippen molar-refractivity contribution < 1.29 is 14.1 Å². The van der Waals surface area contributed by atoms with E-state index in [1.54, 1.807) is 0 Å². The average molecular weight is 298 g/mol. The van der Waals surface area contributed by atoms with Gasteiger partial charge >= 0.3 is 0 Å². The van der Waals surface area contributed by atoms with Crippen LogP contribution >= 0.6 is 0 Å². The zero-order valence-corrected chi connectivity index (χ0v) is 12.3. The fraction of sp³-hybridized carbons (Fsp3) is 0.462. The van der Waals surface area contributed by atoms with Gasteiger partial charge in [0.15, 0.2) is 0 Å². The molecular weight excluding hydrogens is 279 g/mol. The second kappa shape index (κ2) is 6.98. The molecule has 0 fully saturated rings. The Morgan fingerprint density at radius 2 is 1.95 bits per heavy atom. The van der Waals surface area contributed by atoms with Crippen LogP contribution in [0, 0.1) is 15.9 Å². The van der Waals surface area contributed by atoms with E-state index in [9.17, 15) is 19.3 Å². The van der Waals surface area contributed by atoms with Gasteiger partial charge in [-0.25, -0.2) is 4.39 Å². The van der Waals surface area contributed by atoms with E-state index in [1.807, 2.05) is 19.0 Å². The Morgan fingerprint density at radius 1 is 1.33 bits per heavy atom. The first-order chi connectivity index (χ1) is 9.75. The molecule has 8 heteroatoms. The molecule has 0 radical (unpaired) electrons. The molecular formula is C13H19FN4O3. The quantitative estimate of drug-likeness (QED) is 0.486. The highest BCUT2D eigenvalue weighted by atomic mass is 19.1. The van der Waals surface area contributed by atoms with Crippen molar-refractivity contribution in [1.82, 2.24) is 9.80 Å². The van der Waals surface area contributed by atoms with Gasteiger partial charge < -0.3 is 15.5 Å². The molecule has 0 saturated carbocycles. The average Bonchev–Trinajstić information content (AvgIpc) is 2.37. The number of hydrogen-bond acceptors (Lipinski definition) is 5. The summed E-state index contributed by atoms with van der Waals surface area (Å²) in [5, 5.41) is 10.8. The number of anilines is 1. The summed E-state index contributed by atoms with van der Waals surface area (Å²) in [6.07, 6.45) is 0.700. The van der Waals surface area contributed by atoms with Crippen molar-refractivity contribution in [3.63, 3.8) is 0 Å². The fourth-order valence-electron chi connectivity index (χ4n) is 1.88. The number of nitrogen functional groups attached to an aromatic ring is 1. The van der Waals surface area contributed by atoms with E-state index in [2.05, 4.69) is 0 Å². The fourth-order valence-corrected chi connectivity index (χ4v) is 1.88. The number of hydrogen-bond donors (Lipinski definition) is 1. The van der Waals surface area contributed by atoms with Crippen LogP contribution < -0.4 is 5.73 Å². The van der Waals surface area contributed by atoms with Gasteiger partial charge in [-0.15, -0.1) is 0 Å². The third-order valence-corrected chi connectivity index (χ3v) is 3.03. The van der Waals surface area contributed by atoms with Crippen molar-refractivity contribution in [2.75, 3.05) is 40.0 Å². The van der Waals surface area contributed by atoms with Crippen LogP contribution in [0.15, 0.2) is 12.1 Å². The first kappa shape index (κ1) is 16.8. The Labute approximate surface area is 122 Å². The van der Waals surface area contributed by atoms with Gasteiger partial charge in [0.2, 0.25) is 0 Å². The predicted molar refractivity (Wildman–Crippen MR) is 77.6 cm³/mol. The minimum Gasteiger partial charge on any atom is -0.392 e. The van der Waals surface area contributed by atoms with Crippen LogP contribution in [0.4, 0.5) is 15.8 Å². The first-order valence-electron chi connectivity index (χ1n) is 6.38. The van der Waals surface area contributed by atoms with Crippen LogP contribution in [-0.4, -0.2) is 54.9 Å². The van der Waals surface area contributed by atoms with Crippen LogP contribution in [-0.2, 0) is 0 Å². The molecule has 0 heterocycles. The molecule has 1 rings (SSSR count). The highest BCUT2D eigenvalue weighted by Crippen LogP contribution is 2.28. The number of benzene rings is 1. The van der Waals surface area contributed by atoms with Gasteiger partial charge in [-0.3, -0.25) is 14.9 Å². The largest absolute Gasteiger partial charge is 0.392 e. The monoisotopic (exact) mass is 298 g/mol. The van der Waals surface area contributed by atoms with Crippen LogP contribution in [0.1, 0.15) is 16.8 Å². The Morgan fingerprint density at radius 3 is 2.48 bits per heavy atom. The maximum atomic E-state index is 13.8. The number of nitro benzene ring substituents is 1. The summed E-state index contributed by atoms with van der Waals surface area (Å²) in [6.45, 7) is 1.17. The van der Waals surface area contributed by atoms with E-state index >= 15 is 0 Å². The Kier molecular flexibility index (Phi) is 5.60. The molecule has 116 valence electrons. The van der Waals surface area contributed by atoms with Gasteiger partial charge in [-0.05, 0) is 33.1 Å². The van der Waals surface area contributed by atoms with E-state index in [-0.39, 0.29) is 0 Å². The number of amides is 1. The van der Waals surface area contributed by atoms with Gasteiger partial charge in [-0.2, -0.15) is 0 Å². The highest BCUT2D eigenvalue weighted by molar-refractivity contribution is 6.01. The Hall–Kier alpha value is -2.22. The van der Waals surface area contributed by atoms with E-state index in [1.165, 1.54) is 11.9 Å². The standard InChI is InChI=1S/C13H19FN4O3/c1-16(2)7-4-8-17(3)13(19)11-9(14)5-6-10(12(11)15)18(20)21/h5-6H,4,7-8,15H2,1-3H3. The lowest BCUT2D eigenvalue weighted by Crippen LogP contribution is -2.31. The van der Waals surface area contributed by atoms with Crippen LogP contribution in [0.25, 0.3) is 0 Å². The van der Waals surface area contributed by atoms with Gasteiger partial charge in [0.25, 0.3) is 11.6 Å². The molecule has 21 heavy (non-hydrogen) atoms. The summed E-state index contributed by atoms with van der Waals surface area (Å²) in [7, 11) is 5.32. The Balaban J connectivity index is 2.96. The lowest BCUT2D eigenvalue weighted by atomic mass is 10.1. The predicted octanol–water partition coefficient (Wildman–Crippen LogP) is 1.34. The summed E-state index contributed by atoms with van der Waals surface area (Å²) in [4.78, 5) is 25.5. The van der Waals surface area contributed by atoms with Crippen molar-refractivity contribution in [3.8, 4) is 0 Å². The maximum Gasteiger partial charge on any atom is 0.293 e. The third-order valence-electron chi connectivity index (χ3n) is 3.03.